The van der Waals surface area contributed by atoms with Gasteiger partial charge in [0.15, 0.2) is 5.17 Å². The van der Waals surface area contributed by atoms with Crippen LogP contribution in [-0.4, -0.2) is 42.0 Å². The predicted octanol–water partition coefficient (Wildman–Crippen LogP) is 4.02. The van der Waals surface area contributed by atoms with Gasteiger partial charge in [-0.25, -0.2) is 4.99 Å². The van der Waals surface area contributed by atoms with E-state index in [0.717, 1.165) is 23.0 Å². The second-order valence-electron chi connectivity index (χ2n) is 6.08. The second kappa shape index (κ2) is 7.82. The number of carbonyl (C=O) groups excluding carboxylic acids is 1. The molecule has 2 aromatic rings. The highest BCUT2D eigenvalue weighted by atomic mass is 32.2. The third kappa shape index (κ3) is 3.51. The van der Waals surface area contributed by atoms with Crippen molar-refractivity contribution in [2.75, 3.05) is 26.0 Å². The number of amides is 1. The fourth-order valence-corrected chi connectivity index (χ4v) is 5.17. The van der Waals surface area contributed by atoms with Crippen molar-refractivity contribution in [3.05, 3.63) is 46.2 Å². The molecule has 0 spiro atoms. The molecular weight excluding hydrogens is 368 g/mol. The van der Waals surface area contributed by atoms with E-state index in [0.29, 0.717) is 25.3 Å². The minimum Gasteiger partial charge on any atom is -0.494 e. The van der Waals surface area contributed by atoms with Gasteiger partial charge in [0.2, 0.25) is 5.91 Å². The molecule has 26 heavy (non-hydrogen) atoms. The van der Waals surface area contributed by atoms with Crippen molar-refractivity contribution in [2.24, 2.45) is 4.99 Å². The van der Waals surface area contributed by atoms with Crippen molar-refractivity contribution in [3.63, 3.8) is 0 Å². The van der Waals surface area contributed by atoms with Gasteiger partial charge in [-0.15, -0.1) is 11.3 Å². The van der Waals surface area contributed by atoms with Crippen LogP contribution in [0.3, 0.4) is 0 Å². The zero-order valence-corrected chi connectivity index (χ0v) is 16.1. The Morgan fingerprint density at radius 1 is 1.38 bits per heavy atom. The van der Waals surface area contributed by atoms with Crippen LogP contribution in [0.25, 0.3) is 0 Å². The predicted molar refractivity (Wildman–Crippen MR) is 106 cm³/mol. The molecule has 1 fully saturated rings. The molecule has 1 atom stereocenters. The number of benzene rings is 1. The molecule has 1 amide bonds. The average molecular weight is 389 g/mol. The van der Waals surface area contributed by atoms with Crippen molar-refractivity contribution < 1.29 is 14.3 Å². The van der Waals surface area contributed by atoms with Gasteiger partial charge in [0.05, 0.1) is 20.1 Å². The monoisotopic (exact) mass is 388 g/mol. The number of para-hydroxylation sites is 2. The Morgan fingerprint density at radius 3 is 3.15 bits per heavy atom. The molecule has 2 aliphatic heterocycles. The van der Waals surface area contributed by atoms with Crippen molar-refractivity contribution >= 4 is 39.9 Å². The first kappa shape index (κ1) is 17.6. The lowest BCUT2D eigenvalue weighted by Gasteiger charge is -2.25. The van der Waals surface area contributed by atoms with Crippen molar-refractivity contribution in [2.45, 2.75) is 18.9 Å². The Labute approximate surface area is 161 Å². The van der Waals surface area contributed by atoms with E-state index in [1.54, 1.807) is 35.1 Å². The summed E-state index contributed by atoms with van der Waals surface area (Å²) >= 11 is 3.28. The van der Waals surface area contributed by atoms with Gasteiger partial charge in [-0.2, -0.15) is 0 Å². The van der Waals surface area contributed by atoms with Gasteiger partial charge in [0.25, 0.3) is 0 Å². The largest absolute Gasteiger partial charge is 0.494 e. The molecule has 1 aromatic heterocycles. The molecule has 1 saturated heterocycles. The molecule has 0 aliphatic carbocycles. The Morgan fingerprint density at radius 2 is 2.27 bits per heavy atom. The van der Waals surface area contributed by atoms with E-state index in [1.165, 1.54) is 10.4 Å². The zero-order chi connectivity index (χ0) is 17.9. The van der Waals surface area contributed by atoms with E-state index < -0.39 is 0 Å². The average Bonchev–Trinajstić information content (AvgIpc) is 3.32. The lowest BCUT2D eigenvalue weighted by atomic mass is 10.1. The van der Waals surface area contributed by atoms with Gasteiger partial charge in [-0.3, -0.25) is 9.69 Å². The van der Waals surface area contributed by atoms with E-state index in [2.05, 4.69) is 16.4 Å². The van der Waals surface area contributed by atoms with Crippen molar-refractivity contribution in [1.29, 1.82) is 0 Å². The first-order valence-corrected chi connectivity index (χ1v) is 10.5. The Bertz CT molecular complexity index is 834. The number of carbonyl (C=O) groups is 1. The highest BCUT2D eigenvalue weighted by molar-refractivity contribution is 8.14. The third-order valence-corrected chi connectivity index (χ3v) is 6.51. The number of hydrogen-bond donors (Lipinski definition) is 0. The highest BCUT2D eigenvalue weighted by Crippen LogP contribution is 2.35. The van der Waals surface area contributed by atoms with Gasteiger partial charge in [-0.1, -0.05) is 23.9 Å². The molecule has 0 radical (unpaired) electrons. The topological polar surface area (TPSA) is 51.1 Å². The second-order valence-corrected chi connectivity index (χ2v) is 8.09. The maximum Gasteiger partial charge on any atom is 0.231 e. The van der Waals surface area contributed by atoms with Crippen LogP contribution >= 0.6 is 23.1 Å². The van der Waals surface area contributed by atoms with Crippen molar-refractivity contribution in [3.8, 4) is 5.75 Å². The summed E-state index contributed by atoms with van der Waals surface area (Å²) in [7, 11) is 1.63. The van der Waals surface area contributed by atoms with E-state index in [1.807, 2.05) is 24.3 Å². The molecular formula is C19H20N2O3S2. The third-order valence-electron chi connectivity index (χ3n) is 4.50. The number of methoxy groups -OCH3 is 1. The lowest BCUT2D eigenvalue weighted by molar-refractivity contribution is -0.130. The first-order valence-electron chi connectivity index (χ1n) is 8.59. The normalized spacial score (nSPS) is 21.0. The van der Waals surface area contributed by atoms with E-state index in [9.17, 15) is 4.79 Å². The fraction of sp³-hybridized carbons (Fsp3) is 0.368. The fourth-order valence-electron chi connectivity index (χ4n) is 3.19. The van der Waals surface area contributed by atoms with Crippen LogP contribution in [0.15, 0.2) is 40.7 Å². The molecule has 1 unspecified atom stereocenters. The number of hydrogen-bond acceptors (Lipinski definition) is 6. The summed E-state index contributed by atoms with van der Waals surface area (Å²) < 4.78 is 11.2. The summed E-state index contributed by atoms with van der Waals surface area (Å²) in [5, 5.41) is 2.82. The molecule has 4 rings (SSSR count). The van der Waals surface area contributed by atoms with Crippen LogP contribution in [0.5, 0.6) is 5.75 Å². The smallest absolute Gasteiger partial charge is 0.231 e. The molecule has 0 saturated carbocycles. The number of ether oxygens (including phenoxy) is 2. The number of thiophene rings is 1. The van der Waals surface area contributed by atoms with Gasteiger partial charge < -0.3 is 9.47 Å². The molecule has 0 N–H and O–H groups in total. The number of fused-ring (bicyclic) bond motifs is 1. The zero-order valence-electron chi connectivity index (χ0n) is 14.5. The molecule has 136 valence electrons. The lowest BCUT2D eigenvalue weighted by Crippen LogP contribution is -2.33. The van der Waals surface area contributed by atoms with E-state index >= 15 is 0 Å². The van der Waals surface area contributed by atoms with Gasteiger partial charge in [-0.05, 0) is 35.6 Å². The standard InChI is InChI=1S/C19H20N2O3S2/c1-23-15-5-3-2-4-14(15)20-19-21(8-11-26-19)17(22)12-16-18-13(6-9-24-16)7-10-25-18/h2-5,7,10,16H,6,8-9,11-12H2,1H3. The Balaban J connectivity index is 1.52. The van der Waals surface area contributed by atoms with Crippen LogP contribution < -0.4 is 4.74 Å². The van der Waals surface area contributed by atoms with Crippen LogP contribution in [-0.2, 0) is 16.0 Å². The number of thioether (sulfide) groups is 1. The van der Waals surface area contributed by atoms with Crippen LogP contribution in [0.4, 0.5) is 5.69 Å². The minimum absolute atomic E-state index is 0.0647. The molecule has 1 aromatic carbocycles. The maximum absolute atomic E-state index is 12.9. The summed E-state index contributed by atoms with van der Waals surface area (Å²) in [6.07, 6.45) is 1.16. The van der Waals surface area contributed by atoms with Gasteiger partial charge in [0, 0.05) is 17.2 Å². The van der Waals surface area contributed by atoms with E-state index in [4.69, 9.17) is 9.47 Å². The van der Waals surface area contributed by atoms with Crippen LogP contribution in [0, 0.1) is 0 Å². The summed E-state index contributed by atoms with van der Waals surface area (Å²) in [6, 6.07) is 9.74. The summed E-state index contributed by atoms with van der Waals surface area (Å²) in [4.78, 5) is 20.6. The Kier molecular flexibility index (Phi) is 5.28. The van der Waals surface area contributed by atoms with E-state index in [-0.39, 0.29) is 12.0 Å². The number of amidine groups is 1. The van der Waals surface area contributed by atoms with Gasteiger partial charge in [0.1, 0.15) is 17.5 Å². The minimum atomic E-state index is -0.135. The highest BCUT2D eigenvalue weighted by Gasteiger charge is 2.31. The maximum atomic E-state index is 12.9. The number of aliphatic imine (C=N–C) groups is 1. The number of nitrogens with zero attached hydrogens (tertiary/aromatic N) is 2. The first-order chi connectivity index (χ1) is 12.8. The number of rotatable bonds is 4. The molecule has 0 bridgehead atoms. The van der Waals surface area contributed by atoms with Crippen LogP contribution in [0.2, 0.25) is 0 Å². The molecule has 5 nitrogen and oxygen atoms in total. The SMILES string of the molecule is COc1ccccc1N=C1SCCN1C(=O)CC1OCCc2ccsc21. The summed E-state index contributed by atoms with van der Waals surface area (Å²) in [5.41, 5.74) is 2.06. The molecule has 2 aliphatic rings. The van der Waals surface area contributed by atoms with Gasteiger partial charge >= 0.3 is 0 Å². The Hall–Kier alpha value is -1.83. The quantitative estimate of drug-likeness (QED) is 0.794. The molecule has 7 heteroatoms. The summed E-state index contributed by atoms with van der Waals surface area (Å²) in [6.45, 7) is 1.36. The van der Waals surface area contributed by atoms with Crippen molar-refractivity contribution in [1.82, 2.24) is 4.90 Å². The summed E-state index contributed by atoms with van der Waals surface area (Å²) in [5.74, 6) is 1.63. The molecule has 3 heterocycles. The van der Waals surface area contributed by atoms with Crippen LogP contribution in [0.1, 0.15) is 23.0 Å².